The Labute approximate surface area is 122 Å². The summed E-state index contributed by atoms with van der Waals surface area (Å²) >= 11 is 0. The minimum Gasteiger partial charge on any atom is -0.468 e. The van der Waals surface area contributed by atoms with Crippen LogP contribution in [0.4, 0.5) is 18.9 Å². The molecule has 0 aliphatic carbocycles. The van der Waals surface area contributed by atoms with Crippen LogP contribution in [0.1, 0.15) is 19.8 Å². The average Bonchev–Trinajstić information content (AvgIpc) is 2.41. The summed E-state index contributed by atoms with van der Waals surface area (Å²) in [5.41, 5.74) is 0.802. The van der Waals surface area contributed by atoms with Gasteiger partial charge in [0.25, 0.3) is 0 Å². The molecule has 1 aromatic rings. The van der Waals surface area contributed by atoms with Crippen LogP contribution in [0.5, 0.6) is 5.88 Å². The SMILES string of the molecule is CC1CC(Nc2ccc(OCC(F)(F)F)nc2)CCN1C. The quantitative estimate of drug-likeness (QED) is 0.928. The Morgan fingerprint density at radius 2 is 2.19 bits per heavy atom. The number of hydrogen-bond acceptors (Lipinski definition) is 4. The van der Waals surface area contributed by atoms with Crippen LogP contribution in [0.25, 0.3) is 0 Å². The second kappa shape index (κ2) is 6.51. The maximum atomic E-state index is 12.0. The normalized spacial score (nSPS) is 23.9. The van der Waals surface area contributed by atoms with Gasteiger partial charge in [-0.25, -0.2) is 4.98 Å². The lowest BCUT2D eigenvalue weighted by Gasteiger charge is -2.35. The van der Waals surface area contributed by atoms with Gasteiger partial charge in [-0.3, -0.25) is 0 Å². The van der Waals surface area contributed by atoms with Gasteiger partial charge in [-0.1, -0.05) is 0 Å². The van der Waals surface area contributed by atoms with Crippen molar-refractivity contribution >= 4 is 5.69 Å². The molecule has 4 nitrogen and oxygen atoms in total. The van der Waals surface area contributed by atoms with Crippen LogP contribution in [0.15, 0.2) is 18.3 Å². The van der Waals surface area contributed by atoms with Gasteiger partial charge in [-0.15, -0.1) is 0 Å². The Bertz CT molecular complexity index is 450. The molecule has 1 fully saturated rings. The van der Waals surface area contributed by atoms with Crippen LogP contribution < -0.4 is 10.1 Å². The van der Waals surface area contributed by atoms with Crippen molar-refractivity contribution in [1.29, 1.82) is 0 Å². The number of anilines is 1. The number of likely N-dealkylation sites (tertiary alicyclic amines) is 1. The molecule has 2 unspecified atom stereocenters. The molecule has 2 heterocycles. The maximum Gasteiger partial charge on any atom is 0.422 e. The van der Waals surface area contributed by atoms with Crippen LogP contribution in [-0.2, 0) is 0 Å². The highest BCUT2D eigenvalue weighted by molar-refractivity contribution is 5.43. The summed E-state index contributed by atoms with van der Waals surface area (Å²) in [5.74, 6) is -0.0189. The Morgan fingerprint density at radius 1 is 1.43 bits per heavy atom. The van der Waals surface area contributed by atoms with Crippen molar-refractivity contribution in [2.24, 2.45) is 0 Å². The summed E-state index contributed by atoms with van der Waals surface area (Å²) in [4.78, 5) is 6.20. The van der Waals surface area contributed by atoms with Gasteiger partial charge in [0.1, 0.15) is 0 Å². The molecule has 0 saturated carbocycles. The Kier molecular flexibility index (Phi) is 4.92. The van der Waals surface area contributed by atoms with Crippen molar-refractivity contribution < 1.29 is 17.9 Å². The standard InChI is InChI=1S/C14H20F3N3O/c1-10-7-11(5-6-20(10)2)19-12-3-4-13(18-8-12)21-9-14(15,16)17/h3-4,8,10-11,19H,5-7,9H2,1-2H3. The summed E-state index contributed by atoms with van der Waals surface area (Å²) in [7, 11) is 2.11. The van der Waals surface area contributed by atoms with E-state index in [9.17, 15) is 13.2 Å². The third-order valence-electron chi connectivity index (χ3n) is 3.70. The molecule has 1 aliphatic rings. The fraction of sp³-hybridized carbons (Fsp3) is 0.643. The third kappa shape index (κ3) is 5.08. The first-order valence-electron chi connectivity index (χ1n) is 6.96. The van der Waals surface area contributed by atoms with Crippen molar-refractivity contribution in [3.05, 3.63) is 18.3 Å². The molecule has 1 saturated heterocycles. The first-order valence-corrected chi connectivity index (χ1v) is 6.96. The second-order valence-electron chi connectivity index (χ2n) is 5.48. The topological polar surface area (TPSA) is 37.4 Å². The molecule has 0 bridgehead atoms. The largest absolute Gasteiger partial charge is 0.468 e. The van der Waals surface area contributed by atoms with Crippen LogP contribution >= 0.6 is 0 Å². The molecule has 21 heavy (non-hydrogen) atoms. The van der Waals surface area contributed by atoms with Gasteiger partial charge >= 0.3 is 6.18 Å². The Balaban J connectivity index is 1.85. The molecule has 0 amide bonds. The van der Waals surface area contributed by atoms with E-state index in [2.05, 4.69) is 33.9 Å². The van der Waals surface area contributed by atoms with Gasteiger partial charge in [0.2, 0.25) is 5.88 Å². The molecular formula is C14H20F3N3O. The molecule has 1 N–H and O–H groups in total. The van der Waals surface area contributed by atoms with E-state index in [1.165, 1.54) is 12.3 Å². The first-order chi connectivity index (χ1) is 9.83. The zero-order valence-electron chi connectivity index (χ0n) is 12.2. The molecule has 0 aromatic carbocycles. The molecule has 1 aliphatic heterocycles. The van der Waals surface area contributed by atoms with Crippen molar-refractivity contribution in [3.8, 4) is 5.88 Å². The van der Waals surface area contributed by atoms with E-state index in [0.717, 1.165) is 25.1 Å². The lowest BCUT2D eigenvalue weighted by molar-refractivity contribution is -0.154. The van der Waals surface area contributed by atoms with Crippen LogP contribution in [0.2, 0.25) is 0 Å². The number of pyridine rings is 1. The monoisotopic (exact) mass is 303 g/mol. The van der Waals surface area contributed by atoms with E-state index in [1.807, 2.05) is 0 Å². The summed E-state index contributed by atoms with van der Waals surface area (Å²) in [5, 5.41) is 3.36. The third-order valence-corrected chi connectivity index (χ3v) is 3.70. The molecule has 2 rings (SSSR count). The van der Waals surface area contributed by atoms with Gasteiger partial charge in [-0.05, 0) is 32.9 Å². The second-order valence-corrected chi connectivity index (χ2v) is 5.48. The summed E-state index contributed by atoms with van der Waals surface area (Å²) in [6.45, 7) is 1.89. The van der Waals surface area contributed by atoms with Crippen molar-refractivity contribution in [1.82, 2.24) is 9.88 Å². The van der Waals surface area contributed by atoms with Crippen molar-refractivity contribution in [2.75, 3.05) is 25.5 Å². The molecule has 0 radical (unpaired) electrons. The summed E-state index contributed by atoms with van der Waals surface area (Å²) in [6.07, 6.45) is -0.770. The van der Waals surface area contributed by atoms with Crippen molar-refractivity contribution in [3.63, 3.8) is 0 Å². The number of aromatic nitrogens is 1. The number of hydrogen-bond donors (Lipinski definition) is 1. The average molecular weight is 303 g/mol. The number of piperidine rings is 1. The Hall–Kier alpha value is -1.50. The first kappa shape index (κ1) is 15.9. The smallest absolute Gasteiger partial charge is 0.422 e. The molecule has 1 aromatic heterocycles. The zero-order valence-corrected chi connectivity index (χ0v) is 12.2. The Morgan fingerprint density at radius 3 is 2.76 bits per heavy atom. The maximum absolute atomic E-state index is 12.0. The van der Waals surface area contributed by atoms with Gasteiger partial charge in [-0.2, -0.15) is 13.2 Å². The number of nitrogens with zero attached hydrogens (tertiary/aromatic N) is 2. The lowest BCUT2D eigenvalue weighted by Crippen LogP contribution is -2.42. The van der Waals surface area contributed by atoms with E-state index in [1.54, 1.807) is 6.07 Å². The fourth-order valence-corrected chi connectivity index (χ4v) is 2.36. The molecule has 0 spiro atoms. The molecular weight excluding hydrogens is 283 g/mol. The van der Waals surface area contributed by atoms with E-state index < -0.39 is 12.8 Å². The molecule has 2 atom stereocenters. The highest BCUT2D eigenvalue weighted by Crippen LogP contribution is 2.21. The molecule has 118 valence electrons. The van der Waals surface area contributed by atoms with Gasteiger partial charge < -0.3 is 15.0 Å². The zero-order chi connectivity index (χ0) is 15.5. The number of ether oxygens (including phenoxy) is 1. The number of halogens is 3. The van der Waals surface area contributed by atoms with Crippen LogP contribution in [-0.4, -0.2) is 48.3 Å². The molecule has 7 heteroatoms. The number of rotatable bonds is 4. The number of nitrogens with one attached hydrogen (secondary N) is 1. The minimum absolute atomic E-state index is 0.0189. The summed E-state index contributed by atoms with van der Waals surface area (Å²) in [6, 6.07) is 4.02. The van der Waals surface area contributed by atoms with E-state index in [4.69, 9.17) is 0 Å². The van der Waals surface area contributed by atoms with Crippen LogP contribution in [0.3, 0.4) is 0 Å². The van der Waals surface area contributed by atoms with E-state index >= 15 is 0 Å². The van der Waals surface area contributed by atoms with Crippen LogP contribution in [0, 0.1) is 0 Å². The minimum atomic E-state index is -4.34. The van der Waals surface area contributed by atoms with Gasteiger partial charge in [0.05, 0.1) is 11.9 Å². The fourth-order valence-electron chi connectivity index (χ4n) is 2.36. The van der Waals surface area contributed by atoms with E-state index in [0.29, 0.717) is 12.1 Å². The highest BCUT2D eigenvalue weighted by atomic mass is 19.4. The van der Waals surface area contributed by atoms with E-state index in [-0.39, 0.29) is 5.88 Å². The highest BCUT2D eigenvalue weighted by Gasteiger charge is 2.28. The van der Waals surface area contributed by atoms with Gasteiger partial charge in [0, 0.05) is 24.7 Å². The predicted octanol–water partition coefficient (Wildman–Crippen LogP) is 2.92. The number of alkyl halides is 3. The predicted molar refractivity (Wildman–Crippen MR) is 74.5 cm³/mol. The lowest BCUT2D eigenvalue weighted by atomic mass is 9.99. The van der Waals surface area contributed by atoms with Gasteiger partial charge in [0.15, 0.2) is 6.61 Å². The summed E-state index contributed by atoms with van der Waals surface area (Å²) < 4.78 is 40.7. The van der Waals surface area contributed by atoms with Crippen molar-refractivity contribution in [2.45, 2.75) is 38.0 Å².